The van der Waals surface area contributed by atoms with Crippen LogP contribution in [-0.4, -0.2) is 25.7 Å². The van der Waals surface area contributed by atoms with Crippen LogP contribution in [0.2, 0.25) is 5.02 Å². The highest BCUT2D eigenvalue weighted by molar-refractivity contribution is 6.32. The first-order valence-electron chi connectivity index (χ1n) is 7.26. The first-order chi connectivity index (χ1) is 10.8. The van der Waals surface area contributed by atoms with E-state index in [1.807, 2.05) is 30.3 Å². The number of para-hydroxylation sites is 2. The maximum Gasteiger partial charge on any atom is 0.322 e. The molecule has 22 heavy (non-hydrogen) atoms. The second kappa shape index (κ2) is 6.71. The highest BCUT2D eigenvalue weighted by Gasteiger charge is 2.23. The number of carbonyl (C=O) groups is 1. The van der Waals surface area contributed by atoms with Gasteiger partial charge in [0.15, 0.2) is 0 Å². The molecule has 0 saturated carbocycles. The maximum absolute atomic E-state index is 12.2. The summed E-state index contributed by atoms with van der Waals surface area (Å²) in [5.41, 5.74) is 2.21. The van der Waals surface area contributed by atoms with Crippen LogP contribution in [-0.2, 0) is 6.42 Å². The Morgan fingerprint density at radius 1 is 1.18 bits per heavy atom. The highest BCUT2D eigenvalue weighted by atomic mass is 35.5. The van der Waals surface area contributed by atoms with E-state index in [9.17, 15) is 4.79 Å². The predicted molar refractivity (Wildman–Crippen MR) is 87.8 cm³/mol. The molecule has 0 bridgehead atoms. The topological polar surface area (TPSA) is 41.6 Å². The van der Waals surface area contributed by atoms with Gasteiger partial charge in [-0.1, -0.05) is 41.9 Å². The van der Waals surface area contributed by atoms with Crippen molar-refractivity contribution in [3.05, 3.63) is 59.1 Å². The quantitative estimate of drug-likeness (QED) is 0.877. The predicted octanol–water partition coefficient (Wildman–Crippen LogP) is 3.49. The van der Waals surface area contributed by atoms with E-state index in [0.717, 1.165) is 18.7 Å². The number of nitrogens with one attached hydrogen (secondary N) is 1. The fraction of sp³-hybridized carbons (Fsp3) is 0.235. The number of benzene rings is 2. The summed E-state index contributed by atoms with van der Waals surface area (Å²) in [7, 11) is 0. The van der Waals surface area contributed by atoms with Crippen molar-refractivity contribution >= 4 is 23.3 Å². The Bertz CT molecular complexity index is 675. The average molecular weight is 317 g/mol. The minimum Gasteiger partial charge on any atom is -0.490 e. The van der Waals surface area contributed by atoms with Crippen LogP contribution in [0.5, 0.6) is 5.75 Å². The molecule has 0 radical (unpaired) electrons. The number of ether oxygens (including phenoxy) is 1. The molecule has 0 aromatic heterocycles. The fourth-order valence-corrected chi connectivity index (χ4v) is 2.72. The van der Waals surface area contributed by atoms with Gasteiger partial charge >= 0.3 is 6.03 Å². The summed E-state index contributed by atoms with van der Waals surface area (Å²) in [6.45, 7) is 1.53. The zero-order chi connectivity index (χ0) is 15.4. The van der Waals surface area contributed by atoms with E-state index < -0.39 is 0 Å². The Labute approximate surface area is 134 Å². The number of anilines is 1. The zero-order valence-corrected chi connectivity index (χ0v) is 12.8. The van der Waals surface area contributed by atoms with E-state index >= 15 is 0 Å². The Kier molecular flexibility index (Phi) is 4.49. The molecule has 1 N–H and O–H groups in total. The van der Waals surface area contributed by atoms with Gasteiger partial charge in [0.25, 0.3) is 0 Å². The maximum atomic E-state index is 12.2. The third-order valence-electron chi connectivity index (χ3n) is 3.60. The summed E-state index contributed by atoms with van der Waals surface area (Å²) in [5, 5.41) is 3.45. The summed E-state index contributed by atoms with van der Waals surface area (Å²) >= 11 is 6.00. The van der Waals surface area contributed by atoms with E-state index in [-0.39, 0.29) is 6.03 Å². The lowest BCUT2D eigenvalue weighted by Gasteiger charge is -2.18. The molecule has 1 heterocycles. The Morgan fingerprint density at radius 2 is 1.95 bits per heavy atom. The molecule has 0 unspecified atom stereocenters. The van der Waals surface area contributed by atoms with Crippen LogP contribution in [0.15, 0.2) is 48.5 Å². The summed E-state index contributed by atoms with van der Waals surface area (Å²) in [6.07, 6.45) is 0.902. The lowest BCUT2D eigenvalue weighted by atomic mass is 10.2. The normalized spacial score (nSPS) is 12.9. The number of nitrogens with zero attached hydrogens (tertiary/aromatic N) is 1. The number of fused-ring (bicyclic) bond motifs is 1. The number of carbonyl (C=O) groups excluding carboxylic acids is 1. The van der Waals surface area contributed by atoms with Gasteiger partial charge in [0.2, 0.25) is 0 Å². The van der Waals surface area contributed by atoms with Crippen molar-refractivity contribution < 1.29 is 9.53 Å². The SMILES string of the molecule is O=C(NCCOc1ccccc1Cl)N1CCc2ccccc21. The van der Waals surface area contributed by atoms with Crippen molar-refractivity contribution in [2.45, 2.75) is 6.42 Å². The second-order valence-electron chi connectivity index (χ2n) is 5.04. The lowest BCUT2D eigenvalue weighted by Crippen LogP contribution is -2.40. The molecule has 3 rings (SSSR count). The largest absolute Gasteiger partial charge is 0.490 e. The number of hydrogen-bond donors (Lipinski definition) is 1. The van der Waals surface area contributed by atoms with Crippen LogP contribution < -0.4 is 15.0 Å². The summed E-state index contributed by atoms with van der Waals surface area (Å²) in [4.78, 5) is 14.0. The number of rotatable bonds is 4. The van der Waals surface area contributed by atoms with Gasteiger partial charge in [-0.3, -0.25) is 4.90 Å². The molecule has 0 saturated heterocycles. The Hall–Kier alpha value is -2.20. The van der Waals surface area contributed by atoms with Crippen LogP contribution in [0.1, 0.15) is 5.56 Å². The highest BCUT2D eigenvalue weighted by Crippen LogP contribution is 2.27. The Balaban J connectivity index is 1.49. The molecule has 114 valence electrons. The fourth-order valence-electron chi connectivity index (χ4n) is 2.53. The standard InChI is InChI=1S/C17H17ClN2O2/c18-14-6-2-4-8-16(14)22-12-10-19-17(21)20-11-9-13-5-1-3-7-15(13)20/h1-8H,9-12H2,(H,19,21). The van der Waals surface area contributed by atoms with E-state index in [4.69, 9.17) is 16.3 Å². The lowest BCUT2D eigenvalue weighted by molar-refractivity contribution is 0.242. The van der Waals surface area contributed by atoms with Gasteiger partial charge in [-0.2, -0.15) is 0 Å². The number of amides is 2. The van der Waals surface area contributed by atoms with Gasteiger partial charge in [-0.15, -0.1) is 0 Å². The molecule has 4 nitrogen and oxygen atoms in total. The molecular formula is C17H17ClN2O2. The van der Waals surface area contributed by atoms with E-state index in [0.29, 0.717) is 23.9 Å². The van der Waals surface area contributed by atoms with E-state index in [2.05, 4.69) is 11.4 Å². The third-order valence-corrected chi connectivity index (χ3v) is 3.92. The first kappa shape index (κ1) is 14.7. The van der Waals surface area contributed by atoms with Crippen molar-refractivity contribution in [2.24, 2.45) is 0 Å². The van der Waals surface area contributed by atoms with Gasteiger partial charge in [-0.25, -0.2) is 4.79 Å². The van der Waals surface area contributed by atoms with Crippen LogP contribution in [0.3, 0.4) is 0 Å². The zero-order valence-electron chi connectivity index (χ0n) is 12.1. The Morgan fingerprint density at radius 3 is 2.82 bits per heavy atom. The van der Waals surface area contributed by atoms with E-state index in [1.54, 1.807) is 17.0 Å². The minimum absolute atomic E-state index is 0.0901. The molecule has 5 heteroatoms. The molecule has 2 amide bonds. The van der Waals surface area contributed by atoms with Gasteiger partial charge in [0, 0.05) is 12.2 Å². The molecule has 0 atom stereocenters. The number of urea groups is 1. The van der Waals surface area contributed by atoms with Crippen molar-refractivity contribution in [1.82, 2.24) is 5.32 Å². The van der Waals surface area contributed by atoms with Gasteiger partial charge in [0.1, 0.15) is 12.4 Å². The van der Waals surface area contributed by atoms with Crippen LogP contribution >= 0.6 is 11.6 Å². The molecule has 0 fully saturated rings. The van der Waals surface area contributed by atoms with Gasteiger partial charge < -0.3 is 10.1 Å². The summed E-state index contributed by atoms with van der Waals surface area (Å²) in [5.74, 6) is 0.630. The van der Waals surface area contributed by atoms with Crippen molar-refractivity contribution in [3.63, 3.8) is 0 Å². The van der Waals surface area contributed by atoms with Crippen LogP contribution in [0.25, 0.3) is 0 Å². The van der Waals surface area contributed by atoms with Crippen LogP contribution in [0.4, 0.5) is 10.5 Å². The number of halogens is 1. The van der Waals surface area contributed by atoms with Gasteiger partial charge in [-0.05, 0) is 30.2 Å². The van der Waals surface area contributed by atoms with Crippen molar-refractivity contribution in [3.8, 4) is 5.75 Å². The average Bonchev–Trinajstić information content (AvgIpc) is 2.97. The molecule has 0 aliphatic carbocycles. The van der Waals surface area contributed by atoms with Crippen molar-refractivity contribution in [2.75, 3.05) is 24.6 Å². The van der Waals surface area contributed by atoms with Crippen LogP contribution in [0, 0.1) is 0 Å². The molecule has 2 aromatic carbocycles. The smallest absolute Gasteiger partial charge is 0.322 e. The molecule has 1 aliphatic rings. The van der Waals surface area contributed by atoms with Gasteiger partial charge in [0.05, 0.1) is 11.6 Å². The number of hydrogen-bond acceptors (Lipinski definition) is 2. The molecular weight excluding hydrogens is 300 g/mol. The minimum atomic E-state index is -0.0901. The summed E-state index contributed by atoms with van der Waals surface area (Å²) < 4.78 is 5.55. The summed E-state index contributed by atoms with van der Waals surface area (Å²) in [6, 6.07) is 15.2. The third kappa shape index (κ3) is 3.17. The molecule has 1 aliphatic heterocycles. The van der Waals surface area contributed by atoms with E-state index in [1.165, 1.54) is 5.56 Å². The second-order valence-corrected chi connectivity index (χ2v) is 5.45. The first-order valence-corrected chi connectivity index (χ1v) is 7.64. The monoisotopic (exact) mass is 316 g/mol. The van der Waals surface area contributed by atoms with Crippen molar-refractivity contribution in [1.29, 1.82) is 0 Å². The molecule has 2 aromatic rings. The molecule has 0 spiro atoms.